The van der Waals surface area contributed by atoms with E-state index in [2.05, 4.69) is 0 Å². The van der Waals surface area contributed by atoms with Crippen LogP contribution in [0.15, 0.2) is 24.3 Å². The number of alkyl halides is 3. The predicted molar refractivity (Wildman–Crippen MR) is 64.9 cm³/mol. The van der Waals surface area contributed by atoms with Crippen LogP contribution in [0, 0.1) is 5.92 Å². The molecule has 1 fully saturated rings. The van der Waals surface area contributed by atoms with Gasteiger partial charge in [0.25, 0.3) is 0 Å². The number of hydrogen-bond donors (Lipinski definition) is 1. The van der Waals surface area contributed by atoms with Crippen LogP contribution >= 0.6 is 0 Å². The average Bonchev–Trinajstić information content (AvgIpc) is 2.89. The summed E-state index contributed by atoms with van der Waals surface area (Å²) >= 11 is 0. The van der Waals surface area contributed by atoms with Crippen LogP contribution in [0.5, 0.6) is 5.75 Å². The van der Waals surface area contributed by atoms with Crippen LogP contribution in [0.4, 0.5) is 13.2 Å². The van der Waals surface area contributed by atoms with Gasteiger partial charge in [-0.05, 0) is 37.0 Å². The maximum absolute atomic E-state index is 12.5. The molecule has 5 heteroatoms. The topological polar surface area (TPSA) is 29.5 Å². The fraction of sp³-hybridized carbons (Fsp3) is 0.571. The third kappa shape index (κ3) is 3.86. The van der Waals surface area contributed by atoms with Crippen molar-refractivity contribution in [3.05, 3.63) is 29.8 Å². The first-order valence-electron chi connectivity index (χ1n) is 6.45. The van der Waals surface area contributed by atoms with E-state index in [0.29, 0.717) is 0 Å². The Morgan fingerprint density at radius 1 is 1.26 bits per heavy atom. The van der Waals surface area contributed by atoms with Crippen LogP contribution in [-0.4, -0.2) is 17.8 Å². The highest BCUT2D eigenvalue weighted by Gasteiger charge is 2.30. The summed E-state index contributed by atoms with van der Waals surface area (Å²) in [5.74, 6) is 0.359. The molecule has 1 aromatic rings. The van der Waals surface area contributed by atoms with Gasteiger partial charge in [0.15, 0.2) is 0 Å². The van der Waals surface area contributed by atoms with Gasteiger partial charge in [-0.3, -0.25) is 0 Å². The largest absolute Gasteiger partial charge is 0.491 e. The van der Waals surface area contributed by atoms with E-state index in [4.69, 9.17) is 4.74 Å². The molecule has 0 spiro atoms. The van der Waals surface area contributed by atoms with Crippen molar-refractivity contribution in [2.45, 2.75) is 38.0 Å². The van der Waals surface area contributed by atoms with Crippen molar-refractivity contribution in [2.24, 2.45) is 5.92 Å². The van der Waals surface area contributed by atoms with Crippen LogP contribution in [0.1, 0.15) is 31.2 Å². The highest BCUT2D eigenvalue weighted by molar-refractivity contribution is 5.30. The normalized spacial score (nSPS) is 18.5. The summed E-state index contributed by atoms with van der Waals surface area (Å²) in [6.07, 6.45) is -0.836. The van der Waals surface area contributed by atoms with Crippen LogP contribution in [0.2, 0.25) is 0 Å². The Labute approximate surface area is 110 Å². The zero-order chi connectivity index (χ0) is 13.9. The molecule has 1 atom stereocenters. The molecule has 1 saturated carbocycles. The van der Waals surface area contributed by atoms with E-state index in [1.165, 1.54) is 12.1 Å². The summed E-state index contributed by atoms with van der Waals surface area (Å²) in [6, 6.07) is 4.73. The van der Waals surface area contributed by atoms with Gasteiger partial charge in [-0.25, -0.2) is 0 Å². The van der Waals surface area contributed by atoms with Gasteiger partial charge in [0.2, 0.25) is 0 Å². The number of benzene rings is 1. The van der Waals surface area contributed by atoms with Gasteiger partial charge in [0.05, 0.1) is 11.7 Å². The van der Waals surface area contributed by atoms with Crippen LogP contribution < -0.4 is 4.74 Å². The Morgan fingerprint density at radius 3 is 2.58 bits per heavy atom. The molecule has 0 amide bonds. The van der Waals surface area contributed by atoms with E-state index in [1.807, 2.05) is 0 Å². The van der Waals surface area contributed by atoms with Crippen molar-refractivity contribution in [3.63, 3.8) is 0 Å². The molecule has 0 saturated heterocycles. The third-order valence-electron chi connectivity index (χ3n) is 3.53. The first-order chi connectivity index (χ1) is 8.97. The number of halogens is 3. The Morgan fingerprint density at radius 2 is 1.95 bits per heavy atom. The molecule has 0 heterocycles. The number of aliphatic hydroxyl groups is 1. The maximum atomic E-state index is 12.5. The number of aliphatic hydroxyl groups excluding tert-OH is 1. The van der Waals surface area contributed by atoms with E-state index in [1.54, 1.807) is 0 Å². The van der Waals surface area contributed by atoms with Crippen molar-refractivity contribution in [2.75, 3.05) is 6.61 Å². The molecule has 0 bridgehead atoms. The van der Waals surface area contributed by atoms with Crippen molar-refractivity contribution >= 4 is 0 Å². The summed E-state index contributed by atoms with van der Waals surface area (Å²) < 4.78 is 42.8. The number of hydrogen-bond acceptors (Lipinski definition) is 2. The van der Waals surface area contributed by atoms with Gasteiger partial charge in [-0.1, -0.05) is 18.9 Å². The average molecular weight is 274 g/mol. The smallest absolute Gasteiger partial charge is 0.416 e. The third-order valence-corrected chi connectivity index (χ3v) is 3.53. The summed E-state index contributed by atoms with van der Waals surface area (Å²) in [4.78, 5) is 0. The lowest BCUT2D eigenvalue weighted by atomic mass is 10.0. The molecule has 1 aliphatic rings. The lowest BCUT2D eigenvalue weighted by Crippen LogP contribution is -2.25. The Kier molecular flexibility index (Phi) is 4.34. The molecular formula is C14H17F3O2. The quantitative estimate of drug-likeness (QED) is 0.908. The van der Waals surface area contributed by atoms with E-state index in [9.17, 15) is 18.3 Å². The molecule has 1 aromatic carbocycles. The van der Waals surface area contributed by atoms with Gasteiger partial charge in [-0.15, -0.1) is 0 Å². The van der Waals surface area contributed by atoms with Crippen molar-refractivity contribution < 1.29 is 23.0 Å². The summed E-state index contributed by atoms with van der Waals surface area (Å²) in [6.45, 7) is 0.0476. The fourth-order valence-electron chi connectivity index (χ4n) is 2.42. The first-order valence-corrected chi connectivity index (χ1v) is 6.45. The van der Waals surface area contributed by atoms with Crippen molar-refractivity contribution in [3.8, 4) is 5.75 Å². The summed E-state index contributed by atoms with van der Waals surface area (Å²) in [5, 5.41) is 9.89. The lowest BCUT2D eigenvalue weighted by Gasteiger charge is -2.18. The van der Waals surface area contributed by atoms with Gasteiger partial charge in [0, 0.05) is 0 Å². The zero-order valence-corrected chi connectivity index (χ0v) is 10.5. The molecule has 106 valence electrons. The van der Waals surface area contributed by atoms with Gasteiger partial charge >= 0.3 is 6.18 Å². The Hall–Kier alpha value is -1.23. The van der Waals surface area contributed by atoms with Crippen LogP contribution in [0.3, 0.4) is 0 Å². The van der Waals surface area contributed by atoms with E-state index in [-0.39, 0.29) is 18.3 Å². The molecule has 1 aliphatic carbocycles. The minimum absolute atomic E-state index is 0.0476. The standard InChI is InChI=1S/C14H17F3O2/c15-14(16,17)11-6-3-7-12(8-11)19-9-13(18)10-4-1-2-5-10/h3,6-8,10,13,18H,1-2,4-5,9H2. The van der Waals surface area contributed by atoms with Gasteiger partial charge < -0.3 is 9.84 Å². The van der Waals surface area contributed by atoms with Crippen molar-refractivity contribution in [1.82, 2.24) is 0 Å². The number of ether oxygens (including phenoxy) is 1. The minimum Gasteiger partial charge on any atom is -0.491 e. The SMILES string of the molecule is OC(COc1cccc(C(F)(F)F)c1)C1CCCC1. The zero-order valence-electron chi connectivity index (χ0n) is 10.5. The van der Waals surface area contributed by atoms with Crippen molar-refractivity contribution in [1.29, 1.82) is 0 Å². The monoisotopic (exact) mass is 274 g/mol. The van der Waals surface area contributed by atoms with E-state index < -0.39 is 17.8 Å². The summed E-state index contributed by atoms with van der Waals surface area (Å²) in [7, 11) is 0. The second-order valence-corrected chi connectivity index (χ2v) is 4.95. The van der Waals surface area contributed by atoms with Gasteiger partial charge in [-0.2, -0.15) is 13.2 Å². The molecule has 2 rings (SSSR count). The van der Waals surface area contributed by atoms with Crippen LogP contribution in [0.25, 0.3) is 0 Å². The van der Waals surface area contributed by atoms with E-state index >= 15 is 0 Å². The lowest BCUT2D eigenvalue weighted by molar-refractivity contribution is -0.137. The molecular weight excluding hydrogens is 257 g/mol. The van der Waals surface area contributed by atoms with E-state index in [0.717, 1.165) is 37.8 Å². The second-order valence-electron chi connectivity index (χ2n) is 4.95. The molecule has 0 radical (unpaired) electrons. The first kappa shape index (κ1) is 14.2. The fourth-order valence-corrected chi connectivity index (χ4v) is 2.42. The van der Waals surface area contributed by atoms with Gasteiger partial charge in [0.1, 0.15) is 12.4 Å². The Bertz CT molecular complexity index is 411. The van der Waals surface area contributed by atoms with Crippen LogP contribution in [-0.2, 0) is 6.18 Å². The number of rotatable bonds is 4. The highest BCUT2D eigenvalue weighted by Crippen LogP contribution is 2.32. The minimum atomic E-state index is -4.37. The molecule has 19 heavy (non-hydrogen) atoms. The molecule has 0 aliphatic heterocycles. The predicted octanol–water partition coefficient (Wildman–Crippen LogP) is 3.64. The molecule has 1 N–H and O–H groups in total. The molecule has 2 nitrogen and oxygen atoms in total. The maximum Gasteiger partial charge on any atom is 0.416 e. The Balaban J connectivity index is 1.92. The highest BCUT2D eigenvalue weighted by atomic mass is 19.4. The summed E-state index contributed by atoms with van der Waals surface area (Å²) in [5.41, 5.74) is -0.736. The molecule has 1 unspecified atom stereocenters. The molecule has 0 aromatic heterocycles. The second kappa shape index (κ2) is 5.82.